The molecule has 0 aliphatic carbocycles. The fraction of sp³-hybridized carbons (Fsp3) is 0.500. The summed E-state index contributed by atoms with van der Waals surface area (Å²) in [4.78, 5) is 13.8. The highest BCUT2D eigenvalue weighted by Gasteiger charge is 2.21. The zero-order chi connectivity index (χ0) is 13.8. The third-order valence-corrected chi connectivity index (χ3v) is 4.05. The molecule has 1 aromatic rings. The lowest BCUT2D eigenvalue weighted by Gasteiger charge is -2.28. The van der Waals surface area contributed by atoms with Crippen molar-refractivity contribution in [2.24, 2.45) is 0 Å². The van der Waals surface area contributed by atoms with Crippen LogP contribution in [0.5, 0.6) is 0 Å². The normalized spacial score (nSPS) is 19.2. The topological polar surface area (TPSA) is 32.3 Å². The van der Waals surface area contributed by atoms with Crippen LogP contribution in [-0.4, -0.2) is 37.0 Å². The minimum absolute atomic E-state index is 0.118. The number of hydrogen-bond donors (Lipinski definition) is 1. The Morgan fingerprint density at radius 3 is 3.00 bits per heavy atom. The maximum absolute atomic E-state index is 13.9. The molecule has 0 radical (unpaired) electrons. The molecule has 0 spiro atoms. The van der Waals surface area contributed by atoms with E-state index in [-0.39, 0.29) is 11.5 Å². The van der Waals surface area contributed by atoms with Gasteiger partial charge in [0.25, 0.3) is 5.91 Å². The van der Waals surface area contributed by atoms with Crippen molar-refractivity contribution in [2.75, 3.05) is 20.1 Å². The molecule has 1 aliphatic rings. The number of amides is 1. The Labute approximate surface area is 121 Å². The first kappa shape index (κ1) is 14.5. The Bertz CT molecular complexity index is 461. The van der Waals surface area contributed by atoms with Gasteiger partial charge in [0.1, 0.15) is 5.82 Å². The van der Waals surface area contributed by atoms with Gasteiger partial charge in [-0.1, -0.05) is 12.5 Å². The van der Waals surface area contributed by atoms with Crippen molar-refractivity contribution in [2.45, 2.75) is 25.3 Å². The SMILES string of the molecule is CN(CC1CCCCN1)C(=O)c1cccc(Br)c1F. The van der Waals surface area contributed by atoms with Crippen LogP contribution < -0.4 is 5.32 Å². The van der Waals surface area contributed by atoms with E-state index in [0.717, 1.165) is 13.0 Å². The van der Waals surface area contributed by atoms with Crippen LogP contribution in [0.15, 0.2) is 22.7 Å². The molecule has 1 aromatic carbocycles. The number of likely N-dealkylation sites (N-methyl/N-ethyl adjacent to an activating group) is 1. The van der Waals surface area contributed by atoms with Gasteiger partial charge in [-0.25, -0.2) is 4.39 Å². The van der Waals surface area contributed by atoms with Gasteiger partial charge in [0.05, 0.1) is 10.0 Å². The number of nitrogens with one attached hydrogen (secondary N) is 1. The van der Waals surface area contributed by atoms with E-state index < -0.39 is 5.82 Å². The molecule has 0 saturated carbocycles. The Morgan fingerprint density at radius 1 is 1.53 bits per heavy atom. The van der Waals surface area contributed by atoms with E-state index in [1.807, 2.05) is 0 Å². The third kappa shape index (κ3) is 3.54. The summed E-state index contributed by atoms with van der Waals surface area (Å²) in [7, 11) is 1.72. The van der Waals surface area contributed by atoms with Crippen molar-refractivity contribution in [1.82, 2.24) is 10.2 Å². The number of halogens is 2. The molecular weight excluding hydrogens is 311 g/mol. The molecule has 2 rings (SSSR count). The summed E-state index contributed by atoms with van der Waals surface area (Å²) in [6.45, 7) is 1.61. The second-order valence-electron chi connectivity index (χ2n) is 4.93. The standard InChI is InChI=1S/C14H18BrFN2O/c1-18(9-10-5-2-3-8-17-10)14(19)11-6-4-7-12(15)13(11)16/h4,6-7,10,17H,2-3,5,8-9H2,1H3. The van der Waals surface area contributed by atoms with Gasteiger partial charge in [-0.05, 0) is 47.4 Å². The lowest BCUT2D eigenvalue weighted by molar-refractivity contribution is 0.0770. The fourth-order valence-corrected chi connectivity index (χ4v) is 2.73. The largest absolute Gasteiger partial charge is 0.340 e. The van der Waals surface area contributed by atoms with Crippen molar-refractivity contribution in [3.63, 3.8) is 0 Å². The number of benzene rings is 1. The van der Waals surface area contributed by atoms with Crippen molar-refractivity contribution < 1.29 is 9.18 Å². The summed E-state index contributed by atoms with van der Waals surface area (Å²) >= 11 is 3.10. The highest BCUT2D eigenvalue weighted by Crippen LogP contribution is 2.20. The molecule has 104 valence electrons. The molecule has 19 heavy (non-hydrogen) atoms. The molecule has 1 atom stereocenters. The van der Waals surface area contributed by atoms with Crippen LogP contribution in [0.3, 0.4) is 0 Å². The summed E-state index contributed by atoms with van der Waals surface area (Å²) in [5.41, 5.74) is 0.118. The van der Waals surface area contributed by atoms with Crippen LogP contribution in [0, 0.1) is 5.82 Å². The highest BCUT2D eigenvalue weighted by molar-refractivity contribution is 9.10. The smallest absolute Gasteiger partial charge is 0.256 e. The van der Waals surface area contributed by atoms with Crippen molar-refractivity contribution in [3.8, 4) is 0 Å². The molecule has 1 fully saturated rings. The zero-order valence-corrected chi connectivity index (χ0v) is 12.5. The number of carbonyl (C=O) groups excluding carboxylic acids is 1. The predicted octanol–water partition coefficient (Wildman–Crippen LogP) is 2.80. The van der Waals surface area contributed by atoms with Crippen LogP contribution in [0.25, 0.3) is 0 Å². The number of piperidine rings is 1. The van der Waals surface area contributed by atoms with Crippen molar-refractivity contribution >= 4 is 21.8 Å². The van der Waals surface area contributed by atoms with E-state index in [4.69, 9.17) is 0 Å². The van der Waals surface area contributed by atoms with E-state index in [2.05, 4.69) is 21.2 Å². The summed E-state index contributed by atoms with van der Waals surface area (Å²) in [6.07, 6.45) is 3.44. The Morgan fingerprint density at radius 2 is 2.32 bits per heavy atom. The third-order valence-electron chi connectivity index (χ3n) is 3.44. The highest BCUT2D eigenvalue weighted by atomic mass is 79.9. The maximum Gasteiger partial charge on any atom is 0.256 e. The van der Waals surface area contributed by atoms with Gasteiger partial charge in [0.2, 0.25) is 0 Å². The molecule has 1 aliphatic heterocycles. The first-order chi connectivity index (χ1) is 9.09. The summed E-state index contributed by atoms with van der Waals surface area (Å²) in [6, 6.07) is 5.10. The molecule has 1 N–H and O–H groups in total. The van der Waals surface area contributed by atoms with Crippen LogP contribution in [0.2, 0.25) is 0 Å². The average Bonchev–Trinajstić information content (AvgIpc) is 2.42. The van der Waals surface area contributed by atoms with Gasteiger partial charge in [-0.15, -0.1) is 0 Å². The van der Waals surface area contributed by atoms with E-state index in [1.165, 1.54) is 18.9 Å². The summed E-state index contributed by atoms with van der Waals surface area (Å²) in [5, 5.41) is 3.39. The lowest BCUT2D eigenvalue weighted by atomic mass is 10.0. The van der Waals surface area contributed by atoms with Gasteiger partial charge in [0.15, 0.2) is 0 Å². The molecule has 1 saturated heterocycles. The molecule has 0 aromatic heterocycles. The Kier molecular flexibility index (Phi) is 4.93. The van der Waals surface area contributed by atoms with Crippen LogP contribution in [-0.2, 0) is 0 Å². The van der Waals surface area contributed by atoms with Crippen LogP contribution in [0.1, 0.15) is 29.6 Å². The van der Waals surface area contributed by atoms with Crippen molar-refractivity contribution in [1.29, 1.82) is 0 Å². The molecule has 5 heteroatoms. The predicted molar refractivity (Wildman–Crippen MR) is 76.7 cm³/mol. The minimum Gasteiger partial charge on any atom is -0.340 e. The maximum atomic E-state index is 13.9. The average molecular weight is 329 g/mol. The molecular formula is C14H18BrFN2O. The van der Waals surface area contributed by atoms with Gasteiger partial charge >= 0.3 is 0 Å². The Balaban J connectivity index is 2.03. The van der Waals surface area contributed by atoms with Crippen LogP contribution >= 0.6 is 15.9 Å². The number of nitrogens with zero attached hydrogens (tertiary/aromatic N) is 1. The van der Waals surface area contributed by atoms with E-state index in [1.54, 1.807) is 24.1 Å². The fourth-order valence-electron chi connectivity index (χ4n) is 2.37. The summed E-state index contributed by atoms with van der Waals surface area (Å²) in [5.74, 6) is -0.762. The van der Waals surface area contributed by atoms with Gasteiger partial charge < -0.3 is 10.2 Å². The second kappa shape index (κ2) is 6.48. The lowest BCUT2D eigenvalue weighted by Crippen LogP contribution is -2.44. The molecule has 0 bridgehead atoms. The zero-order valence-electron chi connectivity index (χ0n) is 11.0. The second-order valence-corrected chi connectivity index (χ2v) is 5.79. The summed E-state index contributed by atoms with van der Waals surface area (Å²) < 4.78 is 14.2. The molecule has 3 nitrogen and oxygen atoms in total. The van der Waals surface area contributed by atoms with E-state index in [0.29, 0.717) is 17.1 Å². The van der Waals surface area contributed by atoms with Gasteiger partial charge in [-0.2, -0.15) is 0 Å². The molecule has 1 unspecified atom stereocenters. The quantitative estimate of drug-likeness (QED) is 0.925. The number of hydrogen-bond acceptors (Lipinski definition) is 2. The molecule has 1 amide bonds. The molecule has 1 heterocycles. The Hall–Kier alpha value is -0.940. The van der Waals surface area contributed by atoms with E-state index in [9.17, 15) is 9.18 Å². The van der Waals surface area contributed by atoms with Gasteiger partial charge in [0, 0.05) is 19.6 Å². The van der Waals surface area contributed by atoms with Crippen molar-refractivity contribution in [3.05, 3.63) is 34.1 Å². The number of carbonyl (C=O) groups is 1. The first-order valence-corrected chi connectivity index (χ1v) is 7.31. The first-order valence-electron chi connectivity index (χ1n) is 6.52. The minimum atomic E-state index is -0.490. The van der Waals surface area contributed by atoms with Crippen LogP contribution in [0.4, 0.5) is 4.39 Å². The monoisotopic (exact) mass is 328 g/mol. The van der Waals surface area contributed by atoms with Gasteiger partial charge in [-0.3, -0.25) is 4.79 Å². The number of rotatable bonds is 3. The van der Waals surface area contributed by atoms with E-state index >= 15 is 0 Å².